The number of nitrogens with one attached hydrogen (secondary N) is 1. The van der Waals surface area contributed by atoms with E-state index in [0.717, 1.165) is 29.4 Å². The SMILES string of the molecule is CCc1cc(CC(N)c2nnn(CCc3ccccc3)n2)cc2c(C)n[nH]c12. The number of aromatic nitrogens is 6. The lowest BCUT2D eigenvalue weighted by Gasteiger charge is -2.10. The third-order valence-corrected chi connectivity index (χ3v) is 5.08. The average Bonchev–Trinajstić information content (AvgIpc) is 3.34. The molecule has 144 valence electrons. The van der Waals surface area contributed by atoms with Crippen LogP contribution in [0.1, 0.15) is 41.2 Å². The van der Waals surface area contributed by atoms with E-state index < -0.39 is 0 Å². The molecule has 2 aromatic carbocycles. The van der Waals surface area contributed by atoms with E-state index in [-0.39, 0.29) is 6.04 Å². The van der Waals surface area contributed by atoms with Crippen LogP contribution < -0.4 is 5.73 Å². The smallest absolute Gasteiger partial charge is 0.191 e. The van der Waals surface area contributed by atoms with Gasteiger partial charge >= 0.3 is 0 Å². The molecule has 28 heavy (non-hydrogen) atoms. The molecule has 7 heteroatoms. The van der Waals surface area contributed by atoms with E-state index in [4.69, 9.17) is 5.73 Å². The molecular formula is C21H25N7. The first-order valence-electron chi connectivity index (χ1n) is 9.67. The number of fused-ring (bicyclic) bond motifs is 1. The van der Waals surface area contributed by atoms with Crippen molar-refractivity contribution in [2.75, 3.05) is 0 Å². The highest BCUT2D eigenvalue weighted by Crippen LogP contribution is 2.24. The standard InChI is InChI=1S/C21H25N7/c1-3-17-11-16(12-18-14(2)23-24-20(17)18)13-19(22)21-25-27-28(26-21)10-9-15-7-5-4-6-8-15/h4-8,11-12,19H,3,9-10,13,22H2,1-2H3,(H,23,24). The van der Waals surface area contributed by atoms with Crippen LogP contribution in [0.15, 0.2) is 42.5 Å². The van der Waals surface area contributed by atoms with Gasteiger partial charge in [0.05, 0.1) is 23.8 Å². The van der Waals surface area contributed by atoms with Gasteiger partial charge in [0.25, 0.3) is 0 Å². The molecule has 2 aromatic heterocycles. The molecule has 1 unspecified atom stereocenters. The Morgan fingerprint density at radius 1 is 1.14 bits per heavy atom. The maximum absolute atomic E-state index is 6.39. The summed E-state index contributed by atoms with van der Waals surface area (Å²) in [6.07, 6.45) is 2.47. The molecule has 0 spiro atoms. The Kier molecular flexibility index (Phi) is 5.16. The number of benzene rings is 2. The molecule has 0 bridgehead atoms. The number of nitrogens with zero attached hydrogens (tertiary/aromatic N) is 5. The Hall–Kier alpha value is -3.06. The van der Waals surface area contributed by atoms with Crippen molar-refractivity contribution in [2.45, 2.75) is 45.7 Å². The van der Waals surface area contributed by atoms with Crippen LogP contribution in [0.5, 0.6) is 0 Å². The van der Waals surface area contributed by atoms with Gasteiger partial charge in [0.2, 0.25) is 0 Å². The van der Waals surface area contributed by atoms with Crippen molar-refractivity contribution in [1.29, 1.82) is 0 Å². The van der Waals surface area contributed by atoms with Gasteiger partial charge in [-0.3, -0.25) is 5.10 Å². The number of tetrazole rings is 1. The van der Waals surface area contributed by atoms with Crippen molar-refractivity contribution >= 4 is 10.9 Å². The molecule has 3 N–H and O–H groups in total. The summed E-state index contributed by atoms with van der Waals surface area (Å²) in [4.78, 5) is 1.63. The maximum atomic E-state index is 6.39. The average molecular weight is 375 g/mol. The Labute approximate surface area is 164 Å². The van der Waals surface area contributed by atoms with Crippen molar-refractivity contribution in [1.82, 2.24) is 30.4 Å². The molecule has 0 aliphatic carbocycles. The molecule has 4 aromatic rings. The molecule has 4 rings (SSSR count). The summed E-state index contributed by atoms with van der Waals surface area (Å²) < 4.78 is 0. The molecule has 0 fully saturated rings. The summed E-state index contributed by atoms with van der Waals surface area (Å²) in [6, 6.07) is 14.3. The number of hydrogen-bond donors (Lipinski definition) is 2. The van der Waals surface area contributed by atoms with Crippen molar-refractivity contribution < 1.29 is 0 Å². The number of hydrogen-bond acceptors (Lipinski definition) is 5. The molecule has 0 saturated heterocycles. The number of nitrogens with two attached hydrogens (primary N) is 1. The lowest BCUT2D eigenvalue weighted by Crippen LogP contribution is -2.16. The van der Waals surface area contributed by atoms with Crippen LogP contribution in [0.25, 0.3) is 10.9 Å². The maximum Gasteiger partial charge on any atom is 0.191 e. The van der Waals surface area contributed by atoms with Crippen molar-refractivity contribution in [3.05, 3.63) is 70.7 Å². The van der Waals surface area contributed by atoms with Gasteiger partial charge in [-0.2, -0.15) is 9.90 Å². The van der Waals surface area contributed by atoms with Gasteiger partial charge in [0.15, 0.2) is 5.82 Å². The molecule has 0 aliphatic rings. The topological polar surface area (TPSA) is 98.3 Å². The third-order valence-electron chi connectivity index (χ3n) is 5.08. The van der Waals surface area contributed by atoms with Gasteiger partial charge in [0.1, 0.15) is 0 Å². The number of aromatic amines is 1. The summed E-state index contributed by atoms with van der Waals surface area (Å²) in [6.45, 7) is 4.85. The number of aryl methyl sites for hydroxylation is 4. The van der Waals surface area contributed by atoms with Gasteiger partial charge < -0.3 is 5.73 Å². The fourth-order valence-electron chi connectivity index (χ4n) is 3.50. The second-order valence-corrected chi connectivity index (χ2v) is 7.13. The van der Waals surface area contributed by atoms with Crippen molar-refractivity contribution in [2.24, 2.45) is 5.73 Å². The second-order valence-electron chi connectivity index (χ2n) is 7.13. The first kappa shape index (κ1) is 18.3. The lowest BCUT2D eigenvalue weighted by molar-refractivity contribution is 0.517. The van der Waals surface area contributed by atoms with Crippen LogP contribution in [0.2, 0.25) is 0 Å². The van der Waals surface area contributed by atoms with Crippen LogP contribution in [-0.4, -0.2) is 30.4 Å². The van der Waals surface area contributed by atoms with E-state index in [1.807, 2.05) is 25.1 Å². The first-order valence-corrected chi connectivity index (χ1v) is 9.67. The number of H-pyrrole nitrogens is 1. The highest BCUT2D eigenvalue weighted by molar-refractivity contribution is 5.85. The lowest BCUT2D eigenvalue weighted by atomic mass is 9.99. The molecule has 0 aliphatic heterocycles. The minimum absolute atomic E-state index is 0.292. The summed E-state index contributed by atoms with van der Waals surface area (Å²) in [5, 5.41) is 21.4. The molecule has 2 heterocycles. The minimum atomic E-state index is -0.292. The number of rotatable bonds is 7. The largest absolute Gasteiger partial charge is 0.321 e. The van der Waals surface area contributed by atoms with E-state index in [1.54, 1.807) is 4.80 Å². The zero-order valence-corrected chi connectivity index (χ0v) is 16.3. The minimum Gasteiger partial charge on any atom is -0.321 e. The Balaban J connectivity index is 1.46. The van der Waals surface area contributed by atoms with Crippen LogP contribution in [0.4, 0.5) is 0 Å². The van der Waals surface area contributed by atoms with Crippen LogP contribution in [-0.2, 0) is 25.8 Å². The van der Waals surface area contributed by atoms with Crippen molar-refractivity contribution in [3.63, 3.8) is 0 Å². The van der Waals surface area contributed by atoms with Gasteiger partial charge in [-0.05, 0) is 54.2 Å². The normalized spacial score (nSPS) is 12.5. The molecule has 0 saturated carbocycles. The summed E-state index contributed by atoms with van der Waals surface area (Å²) in [5.41, 5.74) is 12.2. The van der Waals surface area contributed by atoms with E-state index in [1.165, 1.54) is 16.7 Å². The predicted molar refractivity (Wildman–Crippen MR) is 109 cm³/mol. The fraction of sp³-hybridized carbons (Fsp3) is 0.333. The van der Waals surface area contributed by atoms with E-state index in [2.05, 4.69) is 56.8 Å². The molecule has 0 radical (unpaired) electrons. The Morgan fingerprint density at radius 2 is 1.96 bits per heavy atom. The molecule has 1 atom stereocenters. The van der Waals surface area contributed by atoms with E-state index in [9.17, 15) is 0 Å². The summed E-state index contributed by atoms with van der Waals surface area (Å²) >= 11 is 0. The van der Waals surface area contributed by atoms with Gasteiger partial charge in [0, 0.05) is 5.39 Å². The predicted octanol–water partition coefficient (Wildman–Crippen LogP) is 2.91. The zero-order chi connectivity index (χ0) is 19.5. The fourth-order valence-corrected chi connectivity index (χ4v) is 3.50. The third kappa shape index (κ3) is 3.80. The highest BCUT2D eigenvalue weighted by atomic mass is 15.6. The first-order chi connectivity index (χ1) is 13.6. The van der Waals surface area contributed by atoms with Gasteiger partial charge in [-0.1, -0.05) is 43.3 Å². The van der Waals surface area contributed by atoms with Crippen LogP contribution >= 0.6 is 0 Å². The highest BCUT2D eigenvalue weighted by Gasteiger charge is 2.16. The van der Waals surface area contributed by atoms with Gasteiger partial charge in [-0.25, -0.2) is 0 Å². The summed E-state index contributed by atoms with van der Waals surface area (Å²) in [5.74, 6) is 0.579. The molecule has 7 nitrogen and oxygen atoms in total. The monoisotopic (exact) mass is 375 g/mol. The second kappa shape index (κ2) is 7.90. The van der Waals surface area contributed by atoms with E-state index >= 15 is 0 Å². The van der Waals surface area contributed by atoms with Crippen molar-refractivity contribution in [3.8, 4) is 0 Å². The molecular weight excluding hydrogens is 350 g/mol. The molecule has 0 amide bonds. The van der Waals surface area contributed by atoms with Crippen LogP contribution in [0.3, 0.4) is 0 Å². The Bertz CT molecular complexity index is 1070. The zero-order valence-electron chi connectivity index (χ0n) is 16.3. The van der Waals surface area contributed by atoms with E-state index in [0.29, 0.717) is 18.8 Å². The van der Waals surface area contributed by atoms with Gasteiger partial charge in [-0.15, -0.1) is 10.2 Å². The Morgan fingerprint density at radius 3 is 2.75 bits per heavy atom. The van der Waals surface area contributed by atoms with Crippen LogP contribution in [0, 0.1) is 6.92 Å². The quantitative estimate of drug-likeness (QED) is 0.517. The summed E-state index contributed by atoms with van der Waals surface area (Å²) in [7, 11) is 0.